The second kappa shape index (κ2) is 14.4. The van der Waals surface area contributed by atoms with Crippen molar-refractivity contribution in [1.29, 1.82) is 0 Å². The number of nitrogens with zero attached hydrogens (tertiary/aromatic N) is 5. The summed E-state index contributed by atoms with van der Waals surface area (Å²) in [6, 6.07) is 17.2. The van der Waals surface area contributed by atoms with Crippen LogP contribution in [-0.4, -0.2) is 76.7 Å². The predicted molar refractivity (Wildman–Crippen MR) is 175 cm³/mol. The van der Waals surface area contributed by atoms with Gasteiger partial charge in [-0.15, -0.1) is 0 Å². The number of methoxy groups -OCH3 is 1. The number of carbonyl (C=O) groups excluding carboxylic acids is 1. The van der Waals surface area contributed by atoms with Crippen molar-refractivity contribution >= 4 is 22.5 Å². The number of halogens is 1. The maximum atomic E-state index is 15.3. The molecule has 0 aliphatic carbocycles. The minimum absolute atomic E-state index is 0.0443. The van der Waals surface area contributed by atoms with E-state index in [1.165, 1.54) is 26.3 Å². The van der Waals surface area contributed by atoms with Crippen LogP contribution in [0.25, 0.3) is 16.6 Å². The summed E-state index contributed by atoms with van der Waals surface area (Å²) in [5, 5.41) is 7.04. The maximum Gasteiger partial charge on any atom is 0.351 e. The summed E-state index contributed by atoms with van der Waals surface area (Å²) < 4.78 is 40.0. The molecule has 3 aromatic carbocycles. The summed E-state index contributed by atoms with van der Waals surface area (Å²) in [7, 11) is 2.78. The molecule has 48 heavy (non-hydrogen) atoms. The summed E-state index contributed by atoms with van der Waals surface area (Å²) >= 11 is 0. The summed E-state index contributed by atoms with van der Waals surface area (Å²) in [5.74, 6) is -0.479. The number of rotatable bonds is 11. The smallest absolute Gasteiger partial charge is 0.351 e. The van der Waals surface area contributed by atoms with Gasteiger partial charge in [0.2, 0.25) is 5.69 Å². The molecule has 5 aromatic rings. The number of aromatic nitrogens is 4. The number of hydrogen-bond donors (Lipinski definition) is 1. The molecule has 3 heterocycles. The van der Waals surface area contributed by atoms with Crippen molar-refractivity contribution < 1.29 is 28.1 Å². The average Bonchev–Trinajstić information content (AvgIpc) is 3.11. The van der Waals surface area contributed by atoms with Crippen molar-refractivity contribution in [3.63, 3.8) is 0 Å². The highest BCUT2D eigenvalue weighted by Crippen LogP contribution is 2.38. The molecular formula is C34H33FN6O7. The van der Waals surface area contributed by atoms with E-state index in [9.17, 15) is 14.4 Å². The summed E-state index contributed by atoms with van der Waals surface area (Å²) in [6.07, 6.45) is 2.38. The zero-order chi connectivity index (χ0) is 33.6. The Morgan fingerprint density at radius 1 is 0.979 bits per heavy atom. The molecule has 1 N–H and O–H groups in total. The van der Waals surface area contributed by atoms with Gasteiger partial charge in [-0.25, -0.2) is 9.18 Å². The Hall–Kier alpha value is -5.60. The minimum Gasteiger partial charge on any atom is -0.493 e. The van der Waals surface area contributed by atoms with Gasteiger partial charge in [0, 0.05) is 56.1 Å². The maximum absolute atomic E-state index is 15.3. The number of fused-ring (bicyclic) bond motifs is 1. The van der Waals surface area contributed by atoms with Gasteiger partial charge in [-0.05, 0) is 42.8 Å². The van der Waals surface area contributed by atoms with Crippen LogP contribution in [0, 0.1) is 5.82 Å². The highest BCUT2D eigenvalue weighted by molar-refractivity contribution is 6.02. The average molecular weight is 657 g/mol. The first-order valence-corrected chi connectivity index (χ1v) is 15.3. The quantitative estimate of drug-likeness (QED) is 0.209. The standard InChI is InChI=1S/C34H33FN6O7/c1-39-33(43)31(38-41(34(39)44)23-7-4-3-5-8-23)32(42)37-22-9-10-28(25(35)19-22)48-27-11-12-36-26-21-30(29(45-2)20-24(26)27)47-16-6-13-40-14-17-46-18-15-40/h3-5,7-12,19-21H,6,13-18H2,1-2H3,(H,37,42). The first-order chi connectivity index (χ1) is 23.3. The third-order valence-electron chi connectivity index (χ3n) is 7.77. The lowest BCUT2D eigenvalue weighted by atomic mass is 10.1. The second-order valence-corrected chi connectivity index (χ2v) is 10.9. The Morgan fingerprint density at radius 3 is 2.52 bits per heavy atom. The van der Waals surface area contributed by atoms with E-state index in [0.29, 0.717) is 40.4 Å². The molecule has 1 aliphatic rings. The molecule has 0 radical (unpaired) electrons. The molecule has 248 valence electrons. The van der Waals surface area contributed by atoms with Crippen LogP contribution in [0.1, 0.15) is 16.9 Å². The Morgan fingerprint density at radius 2 is 1.77 bits per heavy atom. The van der Waals surface area contributed by atoms with Gasteiger partial charge in [0.25, 0.3) is 11.5 Å². The summed E-state index contributed by atoms with van der Waals surface area (Å²) in [5.41, 5.74) is -1.19. The molecule has 0 saturated carbocycles. The van der Waals surface area contributed by atoms with Crippen LogP contribution in [-0.2, 0) is 11.8 Å². The molecule has 0 atom stereocenters. The summed E-state index contributed by atoms with van der Waals surface area (Å²) in [4.78, 5) is 45.2. The number of ether oxygens (including phenoxy) is 4. The van der Waals surface area contributed by atoms with E-state index in [1.54, 1.807) is 54.7 Å². The van der Waals surface area contributed by atoms with Crippen molar-refractivity contribution in [2.75, 3.05) is 51.9 Å². The molecule has 14 heteroatoms. The monoisotopic (exact) mass is 656 g/mol. The van der Waals surface area contributed by atoms with Crippen molar-refractivity contribution in [2.24, 2.45) is 7.05 Å². The van der Waals surface area contributed by atoms with Gasteiger partial charge in [-0.2, -0.15) is 9.78 Å². The Bertz CT molecular complexity index is 2060. The second-order valence-electron chi connectivity index (χ2n) is 10.9. The first-order valence-electron chi connectivity index (χ1n) is 15.3. The van der Waals surface area contributed by atoms with E-state index in [0.717, 1.165) is 54.6 Å². The largest absolute Gasteiger partial charge is 0.493 e. The fourth-order valence-corrected chi connectivity index (χ4v) is 5.21. The number of benzene rings is 3. The molecule has 0 unspecified atom stereocenters. The molecular weight excluding hydrogens is 623 g/mol. The SMILES string of the molecule is COc1cc2c(Oc3ccc(NC(=O)c4nn(-c5ccccc5)c(=O)n(C)c4=O)cc3F)ccnc2cc1OCCCN1CCOCC1. The molecule has 1 amide bonds. The highest BCUT2D eigenvalue weighted by atomic mass is 19.1. The third-order valence-corrected chi connectivity index (χ3v) is 7.77. The van der Waals surface area contributed by atoms with Gasteiger partial charge in [-0.3, -0.25) is 24.0 Å². The number of nitrogens with one attached hydrogen (secondary N) is 1. The van der Waals surface area contributed by atoms with Crippen LogP contribution in [0.4, 0.5) is 10.1 Å². The Balaban J connectivity index is 1.17. The summed E-state index contributed by atoms with van der Waals surface area (Å²) in [6.45, 7) is 4.71. The fraction of sp³-hybridized carbons (Fsp3) is 0.265. The number of para-hydroxylation sites is 1. The lowest BCUT2D eigenvalue weighted by Gasteiger charge is -2.26. The van der Waals surface area contributed by atoms with Gasteiger partial charge >= 0.3 is 5.69 Å². The Kier molecular flexibility index (Phi) is 9.73. The molecule has 1 aliphatic heterocycles. The Labute approximate surface area is 274 Å². The van der Waals surface area contributed by atoms with Crippen molar-refractivity contribution in [3.05, 3.63) is 105 Å². The van der Waals surface area contributed by atoms with Gasteiger partial charge in [0.05, 0.1) is 38.1 Å². The van der Waals surface area contributed by atoms with E-state index in [2.05, 4.69) is 20.3 Å². The van der Waals surface area contributed by atoms with Gasteiger partial charge in [0.15, 0.2) is 23.1 Å². The number of hydrogen-bond acceptors (Lipinski definition) is 10. The van der Waals surface area contributed by atoms with Crippen LogP contribution < -0.4 is 30.8 Å². The molecule has 0 spiro atoms. The van der Waals surface area contributed by atoms with E-state index >= 15 is 4.39 Å². The van der Waals surface area contributed by atoms with Crippen LogP contribution in [0.3, 0.4) is 0 Å². The topological polar surface area (TPSA) is 139 Å². The third kappa shape index (κ3) is 7.04. The van der Waals surface area contributed by atoms with E-state index < -0.39 is 28.7 Å². The van der Waals surface area contributed by atoms with E-state index in [1.807, 2.05) is 0 Å². The van der Waals surface area contributed by atoms with Crippen LogP contribution in [0.15, 0.2) is 82.5 Å². The van der Waals surface area contributed by atoms with Gasteiger partial charge < -0.3 is 24.3 Å². The molecule has 6 rings (SSSR count). The number of pyridine rings is 1. The van der Waals surface area contributed by atoms with Crippen molar-refractivity contribution in [3.8, 4) is 28.7 Å². The molecule has 2 aromatic heterocycles. The van der Waals surface area contributed by atoms with Gasteiger partial charge in [-0.1, -0.05) is 18.2 Å². The van der Waals surface area contributed by atoms with Crippen molar-refractivity contribution in [1.82, 2.24) is 24.2 Å². The first kappa shape index (κ1) is 32.3. The van der Waals surface area contributed by atoms with Crippen LogP contribution >= 0.6 is 0 Å². The lowest BCUT2D eigenvalue weighted by Crippen LogP contribution is -2.43. The number of amides is 1. The van der Waals surface area contributed by atoms with Crippen LogP contribution in [0.2, 0.25) is 0 Å². The van der Waals surface area contributed by atoms with E-state index in [4.69, 9.17) is 18.9 Å². The highest BCUT2D eigenvalue weighted by Gasteiger charge is 2.20. The van der Waals surface area contributed by atoms with Crippen molar-refractivity contribution in [2.45, 2.75) is 6.42 Å². The van der Waals surface area contributed by atoms with Gasteiger partial charge in [0.1, 0.15) is 5.75 Å². The zero-order valence-electron chi connectivity index (χ0n) is 26.3. The molecule has 0 bridgehead atoms. The number of anilines is 1. The minimum atomic E-state index is -0.917. The lowest BCUT2D eigenvalue weighted by molar-refractivity contribution is 0.0357. The van der Waals surface area contributed by atoms with E-state index in [-0.39, 0.29) is 11.4 Å². The number of carbonyl (C=O) groups is 1. The van der Waals surface area contributed by atoms with Crippen LogP contribution in [0.5, 0.6) is 23.0 Å². The number of morpholine rings is 1. The zero-order valence-corrected chi connectivity index (χ0v) is 26.3. The molecule has 1 saturated heterocycles. The molecule has 13 nitrogen and oxygen atoms in total. The normalized spacial score (nSPS) is 13.3. The predicted octanol–water partition coefficient (Wildman–Crippen LogP) is 3.77. The molecule has 1 fully saturated rings. The fourth-order valence-electron chi connectivity index (χ4n) is 5.21.